The van der Waals surface area contributed by atoms with Gasteiger partial charge in [-0.1, -0.05) is 19.3 Å². The van der Waals surface area contributed by atoms with Gasteiger partial charge in [-0.05, 0) is 44.9 Å². The summed E-state index contributed by atoms with van der Waals surface area (Å²) in [5.74, 6) is 1.74. The predicted molar refractivity (Wildman–Crippen MR) is 71.3 cm³/mol. The molecule has 1 aromatic heterocycles. The molecule has 0 amide bonds. The number of rotatable bonds is 3. The molecule has 18 heavy (non-hydrogen) atoms. The molecule has 2 atom stereocenters. The van der Waals surface area contributed by atoms with E-state index >= 15 is 0 Å². The average Bonchev–Trinajstić information content (AvgIpc) is 2.82. The maximum absolute atomic E-state index is 5.62. The van der Waals surface area contributed by atoms with E-state index in [1.807, 2.05) is 13.1 Å². The lowest BCUT2D eigenvalue weighted by molar-refractivity contribution is 0.0157. The molecule has 3 nitrogen and oxygen atoms in total. The predicted octanol–water partition coefficient (Wildman–Crippen LogP) is 3.75. The second kappa shape index (κ2) is 4.69. The lowest BCUT2D eigenvalue weighted by Gasteiger charge is -2.53. The van der Waals surface area contributed by atoms with Crippen LogP contribution in [0.2, 0.25) is 0 Å². The van der Waals surface area contributed by atoms with Gasteiger partial charge in [-0.25, -0.2) is 4.98 Å². The van der Waals surface area contributed by atoms with Crippen molar-refractivity contribution in [2.75, 3.05) is 0 Å². The summed E-state index contributed by atoms with van der Waals surface area (Å²) in [4.78, 5) is 4.33. The minimum absolute atomic E-state index is 0.239. The van der Waals surface area contributed by atoms with Crippen LogP contribution in [0, 0.1) is 12.3 Å². The highest BCUT2D eigenvalue weighted by atomic mass is 16.4. The standard InChI is InChI=1S/C15H24N2O/c1-11-10-16-14(18-11)12(2)17-13-6-9-15(13)7-4-3-5-8-15/h10,12-13,17H,3-9H2,1-2H3. The summed E-state index contributed by atoms with van der Waals surface area (Å²) in [6.07, 6.45) is 11.7. The minimum atomic E-state index is 0.239. The summed E-state index contributed by atoms with van der Waals surface area (Å²) in [6, 6.07) is 0.919. The zero-order valence-corrected chi connectivity index (χ0v) is 11.5. The quantitative estimate of drug-likeness (QED) is 0.885. The molecule has 2 aliphatic carbocycles. The van der Waals surface area contributed by atoms with Crippen molar-refractivity contribution < 1.29 is 4.42 Å². The number of aromatic nitrogens is 1. The highest BCUT2D eigenvalue weighted by Gasteiger charge is 2.47. The van der Waals surface area contributed by atoms with Gasteiger partial charge in [0.2, 0.25) is 5.89 Å². The fourth-order valence-electron chi connectivity index (χ4n) is 3.76. The van der Waals surface area contributed by atoms with Crippen LogP contribution in [0.15, 0.2) is 10.6 Å². The van der Waals surface area contributed by atoms with Crippen molar-refractivity contribution in [3.63, 3.8) is 0 Å². The smallest absolute Gasteiger partial charge is 0.211 e. The van der Waals surface area contributed by atoms with Gasteiger partial charge in [0.05, 0.1) is 12.2 Å². The van der Waals surface area contributed by atoms with Crippen LogP contribution in [-0.4, -0.2) is 11.0 Å². The first-order chi connectivity index (χ1) is 8.70. The van der Waals surface area contributed by atoms with Crippen molar-refractivity contribution in [1.82, 2.24) is 10.3 Å². The Morgan fingerprint density at radius 1 is 1.33 bits per heavy atom. The first-order valence-corrected chi connectivity index (χ1v) is 7.38. The molecule has 3 heteroatoms. The largest absolute Gasteiger partial charge is 0.444 e. The third-order valence-electron chi connectivity index (χ3n) is 4.98. The van der Waals surface area contributed by atoms with Gasteiger partial charge in [-0.2, -0.15) is 0 Å². The Kier molecular flexibility index (Phi) is 3.18. The van der Waals surface area contributed by atoms with E-state index < -0.39 is 0 Å². The van der Waals surface area contributed by atoms with E-state index in [0.29, 0.717) is 11.5 Å². The Hall–Kier alpha value is -0.830. The first-order valence-electron chi connectivity index (χ1n) is 7.38. The number of oxazole rings is 1. The van der Waals surface area contributed by atoms with Gasteiger partial charge in [-0.3, -0.25) is 0 Å². The highest BCUT2D eigenvalue weighted by molar-refractivity contribution is 5.04. The molecule has 0 aromatic carbocycles. The highest BCUT2D eigenvalue weighted by Crippen LogP contribution is 2.52. The van der Waals surface area contributed by atoms with E-state index in [4.69, 9.17) is 4.42 Å². The number of hydrogen-bond donors (Lipinski definition) is 1. The summed E-state index contributed by atoms with van der Waals surface area (Å²) in [7, 11) is 0. The van der Waals surface area contributed by atoms with Crippen LogP contribution < -0.4 is 5.32 Å². The second-order valence-corrected chi connectivity index (χ2v) is 6.21. The molecule has 3 rings (SSSR count). The Morgan fingerprint density at radius 3 is 2.67 bits per heavy atom. The molecule has 0 aliphatic heterocycles. The lowest BCUT2D eigenvalue weighted by Crippen LogP contribution is -2.54. The molecular formula is C15H24N2O. The molecule has 2 saturated carbocycles. The van der Waals surface area contributed by atoms with Crippen LogP contribution in [0.5, 0.6) is 0 Å². The second-order valence-electron chi connectivity index (χ2n) is 6.21. The number of nitrogens with one attached hydrogen (secondary N) is 1. The maximum Gasteiger partial charge on any atom is 0.211 e. The zero-order chi connectivity index (χ0) is 12.6. The fraction of sp³-hybridized carbons (Fsp3) is 0.800. The average molecular weight is 248 g/mol. The molecule has 2 aliphatic rings. The van der Waals surface area contributed by atoms with Crippen LogP contribution in [-0.2, 0) is 0 Å². The number of hydrogen-bond acceptors (Lipinski definition) is 3. The topological polar surface area (TPSA) is 38.1 Å². The van der Waals surface area contributed by atoms with E-state index in [0.717, 1.165) is 11.7 Å². The van der Waals surface area contributed by atoms with Gasteiger partial charge in [0.1, 0.15) is 5.76 Å². The summed E-state index contributed by atoms with van der Waals surface area (Å²) < 4.78 is 5.62. The van der Waals surface area contributed by atoms with Gasteiger partial charge in [-0.15, -0.1) is 0 Å². The van der Waals surface area contributed by atoms with Crippen LogP contribution >= 0.6 is 0 Å². The zero-order valence-electron chi connectivity index (χ0n) is 11.5. The van der Waals surface area contributed by atoms with Crippen molar-refractivity contribution in [3.8, 4) is 0 Å². The maximum atomic E-state index is 5.62. The van der Waals surface area contributed by atoms with Crippen molar-refractivity contribution in [2.45, 2.75) is 70.9 Å². The van der Waals surface area contributed by atoms with Crippen LogP contribution in [0.4, 0.5) is 0 Å². The SMILES string of the molecule is Cc1cnc(C(C)NC2CCC23CCCCC3)o1. The van der Waals surface area contributed by atoms with Crippen LogP contribution in [0.3, 0.4) is 0 Å². The Labute approximate surface area is 109 Å². The van der Waals surface area contributed by atoms with E-state index in [1.165, 1.54) is 44.9 Å². The molecule has 2 unspecified atom stereocenters. The molecule has 100 valence electrons. The minimum Gasteiger partial charge on any atom is -0.444 e. The van der Waals surface area contributed by atoms with E-state index in [2.05, 4.69) is 17.2 Å². The molecule has 1 N–H and O–H groups in total. The van der Waals surface area contributed by atoms with Gasteiger partial charge in [0.15, 0.2) is 0 Å². The van der Waals surface area contributed by atoms with Crippen LogP contribution in [0.25, 0.3) is 0 Å². The third kappa shape index (κ3) is 2.09. The molecule has 1 heterocycles. The van der Waals surface area contributed by atoms with Crippen molar-refractivity contribution in [1.29, 1.82) is 0 Å². The van der Waals surface area contributed by atoms with Crippen molar-refractivity contribution in [2.24, 2.45) is 5.41 Å². The molecule has 1 aromatic rings. The molecule has 0 radical (unpaired) electrons. The normalized spacial score (nSPS) is 28.0. The summed E-state index contributed by atoms with van der Waals surface area (Å²) >= 11 is 0. The fourth-order valence-corrected chi connectivity index (χ4v) is 3.76. The Bertz CT molecular complexity index is 406. The van der Waals surface area contributed by atoms with Gasteiger partial charge < -0.3 is 9.73 Å². The lowest BCUT2D eigenvalue weighted by atomic mass is 9.57. The van der Waals surface area contributed by atoms with Gasteiger partial charge in [0, 0.05) is 6.04 Å². The number of aryl methyl sites for hydroxylation is 1. The monoisotopic (exact) mass is 248 g/mol. The first kappa shape index (κ1) is 12.2. The Morgan fingerprint density at radius 2 is 2.11 bits per heavy atom. The summed E-state index contributed by atoms with van der Waals surface area (Å²) in [6.45, 7) is 4.12. The van der Waals surface area contributed by atoms with E-state index in [1.54, 1.807) is 0 Å². The Balaban J connectivity index is 1.62. The summed E-state index contributed by atoms with van der Waals surface area (Å²) in [5.41, 5.74) is 0.605. The number of nitrogens with zero attached hydrogens (tertiary/aromatic N) is 1. The molecule has 0 saturated heterocycles. The van der Waals surface area contributed by atoms with Gasteiger partial charge >= 0.3 is 0 Å². The van der Waals surface area contributed by atoms with E-state index in [9.17, 15) is 0 Å². The molecule has 1 spiro atoms. The van der Waals surface area contributed by atoms with Crippen molar-refractivity contribution >= 4 is 0 Å². The van der Waals surface area contributed by atoms with Crippen LogP contribution in [0.1, 0.15) is 69.6 Å². The molecular weight excluding hydrogens is 224 g/mol. The van der Waals surface area contributed by atoms with Gasteiger partial charge in [0.25, 0.3) is 0 Å². The molecule has 2 fully saturated rings. The molecule has 0 bridgehead atoms. The summed E-state index contributed by atoms with van der Waals surface area (Å²) in [5, 5.41) is 3.75. The third-order valence-corrected chi connectivity index (χ3v) is 4.98. The van der Waals surface area contributed by atoms with Crippen molar-refractivity contribution in [3.05, 3.63) is 17.8 Å². The van der Waals surface area contributed by atoms with E-state index in [-0.39, 0.29) is 6.04 Å².